The number of alkyl halides is 3. The normalized spacial score (nSPS) is 18.1. The number of carbonyl (C=O) groups is 2. The minimum atomic E-state index is -4.76. The van der Waals surface area contributed by atoms with Gasteiger partial charge in [-0.25, -0.2) is 4.79 Å². The first-order valence-corrected chi connectivity index (χ1v) is 9.27. The summed E-state index contributed by atoms with van der Waals surface area (Å²) in [5, 5.41) is 5.45. The van der Waals surface area contributed by atoms with E-state index >= 15 is 0 Å². The Bertz CT molecular complexity index is 702. The Kier molecular flexibility index (Phi) is 7.34. The molecule has 0 radical (unpaired) electrons. The molecule has 2 rings (SSSR count). The van der Waals surface area contributed by atoms with Crippen molar-refractivity contribution < 1.29 is 32.2 Å². The van der Waals surface area contributed by atoms with Crippen molar-refractivity contribution in [1.82, 2.24) is 10.2 Å². The van der Waals surface area contributed by atoms with E-state index in [0.717, 1.165) is 25.0 Å². The second-order valence-electron chi connectivity index (χ2n) is 7.84. The lowest BCUT2D eigenvalue weighted by Gasteiger charge is -2.33. The van der Waals surface area contributed by atoms with E-state index in [1.54, 1.807) is 20.8 Å². The van der Waals surface area contributed by atoms with E-state index in [4.69, 9.17) is 4.74 Å². The average molecular weight is 417 g/mol. The Morgan fingerprint density at radius 1 is 1.17 bits per heavy atom. The number of carbonyl (C=O) groups excluding carboxylic acids is 2. The summed E-state index contributed by atoms with van der Waals surface area (Å²) >= 11 is 0. The van der Waals surface area contributed by atoms with Crippen molar-refractivity contribution in [3.8, 4) is 5.75 Å². The summed E-state index contributed by atoms with van der Waals surface area (Å²) in [5.74, 6) is -0.657. The van der Waals surface area contributed by atoms with Crippen LogP contribution in [0.5, 0.6) is 5.75 Å². The van der Waals surface area contributed by atoms with E-state index in [1.165, 1.54) is 12.1 Å². The molecule has 162 valence electrons. The number of nitrogens with zero attached hydrogens (tertiary/aromatic N) is 1. The summed E-state index contributed by atoms with van der Waals surface area (Å²) in [4.78, 5) is 26.0. The highest BCUT2D eigenvalue weighted by Gasteiger charge is 2.31. The number of ether oxygens (including phenoxy) is 2. The number of amides is 2. The van der Waals surface area contributed by atoms with Gasteiger partial charge in [0, 0.05) is 18.3 Å². The molecular formula is C19H26F3N3O4. The van der Waals surface area contributed by atoms with E-state index in [0.29, 0.717) is 18.8 Å². The third-order valence-electron chi connectivity index (χ3n) is 3.97. The van der Waals surface area contributed by atoms with Crippen LogP contribution < -0.4 is 15.4 Å². The van der Waals surface area contributed by atoms with Gasteiger partial charge in [0.1, 0.15) is 11.4 Å². The molecule has 2 amide bonds. The molecule has 1 unspecified atom stereocenters. The van der Waals surface area contributed by atoms with Gasteiger partial charge >= 0.3 is 12.5 Å². The van der Waals surface area contributed by atoms with Gasteiger partial charge in [0.15, 0.2) is 0 Å². The molecule has 2 N–H and O–H groups in total. The van der Waals surface area contributed by atoms with E-state index < -0.39 is 18.1 Å². The molecule has 0 bridgehead atoms. The van der Waals surface area contributed by atoms with Crippen LogP contribution in [0.3, 0.4) is 0 Å². The van der Waals surface area contributed by atoms with Gasteiger partial charge in [-0.05, 0) is 64.4 Å². The molecule has 1 saturated heterocycles. The van der Waals surface area contributed by atoms with Gasteiger partial charge in [-0.2, -0.15) is 0 Å². The van der Waals surface area contributed by atoms with Crippen LogP contribution in [0.4, 0.5) is 23.7 Å². The monoisotopic (exact) mass is 417 g/mol. The summed E-state index contributed by atoms with van der Waals surface area (Å²) in [6, 6.07) is 4.81. The number of piperidine rings is 1. The van der Waals surface area contributed by atoms with E-state index in [9.17, 15) is 22.8 Å². The highest BCUT2D eigenvalue weighted by atomic mass is 19.4. The molecule has 1 aliphatic rings. The van der Waals surface area contributed by atoms with Crippen molar-refractivity contribution in [2.24, 2.45) is 0 Å². The van der Waals surface area contributed by atoms with Crippen LogP contribution >= 0.6 is 0 Å². The van der Waals surface area contributed by atoms with Crippen molar-refractivity contribution in [1.29, 1.82) is 0 Å². The van der Waals surface area contributed by atoms with Crippen LogP contribution in [0.1, 0.15) is 33.6 Å². The largest absolute Gasteiger partial charge is 0.573 e. The predicted molar refractivity (Wildman–Crippen MR) is 101 cm³/mol. The SMILES string of the molecule is CC(C)(C)OC(=O)NC1CCCN(CC(=O)Nc2ccc(OC(F)(F)F)cc2)C1. The number of halogens is 3. The number of nitrogens with one attached hydrogen (secondary N) is 2. The lowest BCUT2D eigenvalue weighted by atomic mass is 10.1. The van der Waals surface area contributed by atoms with Crippen LogP contribution in [0, 0.1) is 0 Å². The van der Waals surface area contributed by atoms with Crippen molar-refractivity contribution in [3.63, 3.8) is 0 Å². The third-order valence-corrected chi connectivity index (χ3v) is 3.97. The highest BCUT2D eigenvalue weighted by molar-refractivity contribution is 5.92. The fourth-order valence-corrected chi connectivity index (χ4v) is 2.93. The molecule has 7 nitrogen and oxygen atoms in total. The highest BCUT2D eigenvalue weighted by Crippen LogP contribution is 2.24. The number of anilines is 1. The standard InChI is InChI=1S/C19H26F3N3O4/c1-18(2,3)29-17(27)24-14-5-4-10-25(11-14)12-16(26)23-13-6-8-15(9-7-13)28-19(20,21)22/h6-9,14H,4-5,10-12H2,1-3H3,(H,23,26)(H,24,27). The van der Waals surface area contributed by atoms with E-state index in [-0.39, 0.29) is 24.2 Å². The van der Waals surface area contributed by atoms with Gasteiger partial charge in [-0.15, -0.1) is 13.2 Å². The molecule has 1 atom stereocenters. The first-order chi connectivity index (χ1) is 13.4. The molecule has 1 aliphatic heterocycles. The molecule has 1 heterocycles. The summed E-state index contributed by atoms with van der Waals surface area (Å²) in [6.07, 6.45) is -3.65. The molecule has 29 heavy (non-hydrogen) atoms. The van der Waals surface area contributed by atoms with E-state index in [2.05, 4.69) is 15.4 Å². The Morgan fingerprint density at radius 2 is 1.83 bits per heavy atom. The molecule has 10 heteroatoms. The Morgan fingerprint density at radius 3 is 2.41 bits per heavy atom. The van der Waals surface area contributed by atoms with Gasteiger partial charge in [0.05, 0.1) is 6.54 Å². The van der Waals surface area contributed by atoms with Crippen molar-refractivity contribution in [2.75, 3.05) is 25.0 Å². The zero-order valence-corrected chi connectivity index (χ0v) is 16.6. The van der Waals surface area contributed by atoms with E-state index in [1.807, 2.05) is 4.90 Å². The average Bonchev–Trinajstić information content (AvgIpc) is 2.53. The zero-order valence-electron chi connectivity index (χ0n) is 16.6. The smallest absolute Gasteiger partial charge is 0.444 e. The lowest BCUT2D eigenvalue weighted by molar-refractivity contribution is -0.274. The van der Waals surface area contributed by atoms with Crippen molar-refractivity contribution in [3.05, 3.63) is 24.3 Å². The van der Waals surface area contributed by atoms with Crippen LogP contribution in [0.2, 0.25) is 0 Å². The van der Waals surface area contributed by atoms with Crippen LogP contribution in [-0.4, -0.2) is 54.5 Å². The first-order valence-electron chi connectivity index (χ1n) is 9.27. The molecule has 0 aromatic heterocycles. The second-order valence-corrected chi connectivity index (χ2v) is 7.84. The van der Waals surface area contributed by atoms with Crippen LogP contribution in [-0.2, 0) is 9.53 Å². The van der Waals surface area contributed by atoms with Gasteiger partial charge in [-0.3, -0.25) is 9.69 Å². The quantitative estimate of drug-likeness (QED) is 0.767. The topological polar surface area (TPSA) is 79.9 Å². The number of hydrogen-bond donors (Lipinski definition) is 2. The Hall–Kier alpha value is -2.49. The third kappa shape index (κ3) is 9.03. The maximum absolute atomic E-state index is 12.2. The van der Waals surface area contributed by atoms with Crippen LogP contribution in [0.15, 0.2) is 24.3 Å². The zero-order chi connectivity index (χ0) is 21.7. The number of likely N-dealkylation sites (tertiary alicyclic amines) is 1. The second kappa shape index (κ2) is 9.34. The first kappa shape index (κ1) is 22.8. The summed E-state index contributed by atoms with van der Waals surface area (Å²) in [7, 11) is 0. The van der Waals surface area contributed by atoms with Gasteiger partial charge < -0.3 is 20.1 Å². The fourth-order valence-electron chi connectivity index (χ4n) is 2.93. The molecule has 0 saturated carbocycles. The molecule has 1 fully saturated rings. The minimum Gasteiger partial charge on any atom is -0.444 e. The fraction of sp³-hybridized carbons (Fsp3) is 0.579. The van der Waals surface area contributed by atoms with Crippen LogP contribution in [0.25, 0.3) is 0 Å². The number of benzene rings is 1. The van der Waals surface area contributed by atoms with Gasteiger partial charge in [-0.1, -0.05) is 0 Å². The minimum absolute atomic E-state index is 0.104. The molecular weight excluding hydrogens is 391 g/mol. The maximum Gasteiger partial charge on any atom is 0.573 e. The maximum atomic E-state index is 12.2. The number of hydrogen-bond acceptors (Lipinski definition) is 5. The lowest BCUT2D eigenvalue weighted by Crippen LogP contribution is -2.50. The Labute approximate surface area is 167 Å². The molecule has 1 aromatic carbocycles. The predicted octanol–water partition coefficient (Wildman–Crippen LogP) is 3.51. The molecule has 1 aromatic rings. The number of rotatable bonds is 5. The van der Waals surface area contributed by atoms with Crippen molar-refractivity contribution in [2.45, 2.75) is 51.6 Å². The van der Waals surface area contributed by atoms with Crippen molar-refractivity contribution >= 4 is 17.7 Å². The molecule has 0 spiro atoms. The summed E-state index contributed by atoms with van der Waals surface area (Å²) in [6.45, 7) is 6.67. The van der Waals surface area contributed by atoms with Gasteiger partial charge in [0.2, 0.25) is 5.91 Å². The molecule has 0 aliphatic carbocycles. The van der Waals surface area contributed by atoms with Gasteiger partial charge in [0.25, 0.3) is 0 Å². The Balaban J connectivity index is 1.80. The number of alkyl carbamates (subject to hydrolysis) is 1. The summed E-state index contributed by atoms with van der Waals surface area (Å²) < 4.78 is 45.6. The summed E-state index contributed by atoms with van der Waals surface area (Å²) in [5.41, 5.74) is -0.219.